The Morgan fingerprint density at radius 1 is 1.20 bits per heavy atom. The molecule has 40 heavy (non-hydrogen) atoms. The topological polar surface area (TPSA) is 143 Å². The molecule has 2 N–H and O–H groups in total. The van der Waals surface area contributed by atoms with Crippen molar-refractivity contribution >= 4 is 52.0 Å². The van der Waals surface area contributed by atoms with Crippen molar-refractivity contribution in [3.8, 4) is 17.2 Å². The summed E-state index contributed by atoms with van der Waals surface area (Å²) in [5, 5.41) is 16.1. The van der Waals surface area contributed by atoms with Crippen molar-refractivity contribution in [3.05, 3.63) is 92.4 Å². The first-order valence-electron chi connectivity index (χ1n) is 12.3. The maximum absolute atomic E-state index is 12.8. The number of carbonyl (C=O) groups is 3. The lowest BCUT2D eigenvalue weighted by Gasteiger charge is -2.50. The number of aromatic amines is 1. The van der Waals surface area contributed by atoms with E-state index in [2.05, 4.69) is 10.3 Å². The Labute approximate surface area is 235 Å². The molecule has 2 amide bonds. The number of allylic oxidation sites excluding steroid dienone is 1. The normalized spacial score (nSPS) is 18.7. The lowest BCUT2D eigenvalue weighted by atomic mass is 10.0. The van der Waals surface area contributed by atoms with E-state index in [9.17, 15) is 24.3 Å². The van der Waals surface area contributed by atoms with Crippen LogP contribution in [0.1, 0.15) is 4.88 Å². The molecule has 0 radical (unpaired) electrons. The van der Waals surface area contributed by atoms with Gasteiger partial charge in [0.1, 0.15) is 23.8 Å². The molecule has 0 unspecified atom stereocenters. The molecule has 0 spiro atoms. The molecular weight excluding hydrogens is 554 g/mol. The first-order valence-corrected chi connectivity index (χ1v) is 14.2. The molecule has 0 bridgehead atoms. The van der Waals surface area contributed by atoms with Gasteiger partial charge in [-0.25, -0.2) is 0 Å². The quantitative estimate of drug-likeness (QED) is 0.245. The lowest BCUT2D eigenvalue weighted by Crippen LogP contribution is -2.71. The molecule has 1 fully saturated rings. The van der Waals surface area contributed by atoms with Crippen LogP contribution in [-0.4, -0.2) is 46.5 Å². The maximum Gasteiger partial charge on any atom is 0.253 e. The highest BCUT2D eigenvalue weighted by Crippen LogP contribution is 2.40. The molecule has 12 heteroatoms. The molecule has 2 aromatic rings. The second-order valence-electron chi connectivity index (χ2n) is 9.13. The van der Waals surface area contributed by atoms with Crippen LogP contribution in [0.4, 0.5) is 0 Å². The number of rotatable bonds is 8. The van der Waals surface area contributed by atoms with E-state index in [4.69, 9.17) is 9.15 Å². The fourth-order valence-electron chi connectivity index (χ4n) is 4.62. The predicted octanol–water partition coefficient (Wildman–Crippen LogP) is 1.35. The predicted molar refractivity (Wildman–Crippen MR) is 145 cm³/mol. The lowest BCUT2D eigenvalue weighted by molar-refractivity contribution is -0.334. The molecule has 1 aliphatic carbocycles. The smallest absolute Gasteiger partial charge is 0.253 e. The number of ether oxygens (including phenoxy) is 1. The van der Waals surface area contributed by atoms with Gasteiger partial charge in [-0.05, 0) is 35.2 Å². The standard InChI is InChI=1S/C28H21N3O7S2/c32-16-5-7-19-21(11-16)38-22-12-17(6-8-20(22)29-19)37-9-1-3-15-14-40-27-24(26(34)31(27)25(15)28(35)36)30-23(33)13-18-4-2-10-39-18/h1-8,10-12,24,27H,9,13-14H2,(H,30,33)(H,35,36)/b3-1+/t24-,27-/m1/s1. The van der Waals surface area contributed by atoms with Gasteiger partial charge in [0.05, 0.1) is 18.1 Å². The van der Waals surface area contributed by atoms with E-state index in [0.29, 0.717) is 34.1 Å². The summed E-state index contributed by atoms with van der Waals surface area (Å²) in [6, 6.07) is 12.7. The Bertz CT molecular complexity index is 1730. The summed E-state index contributed by atoms with van der Waals surface area (Å²) in [5.74, 6) is -0.958. The van der Waals surface area contributed by atoms with Crippen LogP contribution in [0, 0.1) is 0 Å². The van der Waals surface area contributed by atoms with Gasteiger partial charge in [-0.2, -0.15) is 4.98 Å². The minimum atomic E-state index is -1.46. The Hall–Kier alpha value is -4.42. The fourth-order valence-corrected chi connectivity index (χ4v) is 6.65. The highest BCUT2D eigenvalue weighted by Gasteiger charge is 2.52. The third-order valence-electron chi connectivity index (χ3n) is 6.48. The van der Waals surface area contributed by atoms with Crippen LogP contribution in [0.25, 0.3) is 22.6 Å². The maximum atomic E-state index is 12.8. The van der Waals surface area contributed by atoms with Crippen molar-refractivity contribution in [2.45, 2.75) is 17.8 Å². The molecule has 1 aromatic heterocycles. The summed E-state index contributed by atoms with van der Waals surface area (Å²) in [7, 11) is 0. The molecule has 3 aliphatic heterocycles. The number of hydrogen-bond donors (Lipinski definition) is 1. The third-order valence-corrected chi connectivity index (χ3v) is 8.66. The molecule has 2 atom stereocenters. The van der Waals surface area contributed by atoms with Crippen molar-refractivity contribution in [1.82, 2.24) is 10.2 Å². The van der Waals surface area contributed by atoms with Gasteiger partial charge in [0.15, 0.2) is 5.43 Å². The van der Waals surface area contributed by atoms with E-state index in [0.717, 1.165) is 10.4 Å². The minimum absolute atomic E-state index is 0.126. The summed E-state index contributed by atoms with van der Waals surface area (Å²) < 4.78 is 11.6. The Morgan fingerprint density at radius 3 is 2.88 bits per heavy atom. The number of H-pyrrole nitrogens is 1. The molecule has 10 nitrogen and oxygen atoms in total. The number of amides is 2. The average Bonchev–Trinajstić information content (AvgIpc) is 3.45. The van der Waals surface area contributed by atoms with Crippen LogP contribution in [0.15, 0.2) is 86.5 Å². The average molecular weight is 576 g/mol. The number of thioether (sulfide) groups is 1. The van der Waals surface area contributed by atoms with Crippen LogP contribution in [-0.2, 0) is 20.8 Å². The summed E-state index contributed by atoms with van der Waals surface area (Å²) in [4.78, 5) is 54.1. The van der Waals surface area contributed by atoms with E-state index in [1.807, 2.05) is 17.5 Å². The number of fused-ring (bicyclic) bond motifs is 3. The number of nitrogens with zero attached hydrogens (tertiary/aromatic N) is 1. The Morgan fingerprint density at radius 2 is 2.08 bits per heavy atom. The molecule has 202 valence electrons. The second-order valence-corrected chi connectivity index (χ2v) is 11.3. The number of carboxylic acid groups (broad SMARTS) is 1. The number of benzene rings is 2. The van der Waals surface area contributed by atoms with E-state index < -0.39 is 23.3 Å². The zero-order valence-corrected chi connectivity index (χ0v) is 22.4. The van der Waals surface area contributed by atoms with Crippen LogP contribution < -0.4 is 25.6 Å². The van der Waals surface area contributed by atoms with Gasteiger partial charge >= 0.3 is 0 Å². The summed E-state index contributed by atoms with van der Waals surface area (Å²) >= 11 is 2.83. The van der Waals surface area contributed by atoms with Gasteiger partial charge in [0.2, 0.25) is 28.5 Å². The Balaban J connectivity index is 1.12. The SMILES string of the molecule is O=C(Cc1cccs1)N[C@@H]1C(=O)N2C(C(=O)[O-])=C(/C=C/COc3ccc4[nH+]c5ccc(=O)cc-5oc4c3)CS[C@H]12. The summed E-state index contributed by atoms with van der Waals surface area (Å²) in [6.07, 6.45) is 3.42. The molecule has 0 saturated carbocycles. The number of carbonyl (C=O) groups excluding carboxylic acids is 3. The van der Waals surface area contributed by atoms with E-state index in [-0.39, 0.29) is 30.1 Å². The number of nitrogens with one attached hydrogen (secondary N) is 2. The van der Waals surface area contributed by atoms with Gasteiger partial charge in [-0.15, -0.1) is 23.1 Å². The van der Waals surface area contributed by atoms with E-state index in [1.54, 1.807) is 36.4 Å². The number of aliphatic carboxylic acids is 1. The second kappa shape index (κ2) is 10.6. The molecule has 4 aliphatic rings. The molecular formula is C28H21N3O7S2. The van der Waals surface area contributed by atoms with Gasteiger partial charge in [0, 0.05) is 34.9 Å². The third kappa shape index (κ3) is 4.98. The van der Waals surface area contributed by atoms with Crippen molar-refractivity contribution in [3.63, 3.8) is 0 Å². The monoisotopic (exact) mass is 575 g/mol. The van der Waals surface area contributed by atoms with Gasteiger partial charge in [-0.3, -0.25) is 19.3 Å². The Kier molecular flexibility index (Phi) is 6.86. The van der Waals surface area contributed by atoms with Gasteiger partial charge in [0.25, 0.3) is 5.91 Å². The van der Waals surface area contributed by atoms with E-state index in [1.165, 1.54) is 40.1 Å². The van der Waals surface area contributed by atoms with Crippen LogP contribution in [0.2, 0.25) is 0 Å². The van der Waals surface area contributed by atoms with Gasteiger partial charge < -0.3 is 24.4 Å². The highest BCUT2D eigenvalue weighted by atomic mass is 32.2. The van der Waals surface area contributed by atoms with Gasteiger partial charge in [-0.1, -0.05) is 12.1 Å². The fraction of sp³-hybridized carbons (Fsp3) is 0.179. The molecule has 1 saturated heterocycles. The first-order chi connectivity index (χ1) is 19.4. The number of hydrogen-bond acceptors (Lipinski definition) is 9. The van der Waals surface area contributed by atoms with Crippen LogP contribution in [0.5, 0.6) is 5.75 Å². The van der Waals surface area contributed by atoms with E-state index >= 15 is 0 Å². The van der Waals surface area contributed by atoms with Crippen molar-refractivity contribution in [1.29, 1.82) is 0 Å². The van der Waals surface area contributed by atoms with Crippen molar-refractivity contribution < 1.29 is 33.6 Å². The number of carboxylic acids is 1. The highest BCUT2D eigenvalue weighted by molar-refractivity contribution is 8.00. The summed E-state index contributed by atoms with van der Waals surface area (Å²) in [6.45, 7) is 0.126. The largest absolute Gasteiger partial charge is 0.543 e. The summed E-state index contributed by atoms with van der Waals surface area (Å²) in [5.41, 5.74) is 1.99. The molecule has 4 heterocycles. The zero-order valence-electron chi connectivity index (χ0n) is 20.7. The zero-order chi connectivity index (χ0) is 27.8. The molecule has 6 rings (SSSR count). The number of thiophene rings is 1. The van der Waals surface area contributed by atoms with Crippen molar-refractivity contribution in [2.24, 2.45) is 0 Å². The van der Waals surface area contributed by atoms with Crippen LogP contribution in [0.3, 0.4) is 0 Å². The minimum Gasteiger partial charge on any atom is -0.543 e. The first kappa shape index (κ1) is 25.8. The number of aromatic nitrogens is 1. The number of β-lactam (4-membered cyclic amide) rings is 1. The van der Waals surface area contributed by atoms with Crippen LogP contribution >= 0.6 is 23.1 Å². The van der Waals surface area contributed by atoms with Crippen molar-refractivity contribution in [2.75, 3.05) is 12.4 Å². The molecule has 1 aromatic carbocycles.